The molecule has 0 aliphatic rings. The maximum atomic E-state index is 4.25. The molecule has 0 fully saturated rings. The normalized spacial score (nSPS) is 15.4. The van der Waals surface area contributed by atoms with Crippen LogP contribution < -0.4 is 5.32 Å². The van der Waals surface area contributed by atoms with Gasteiger partial charge in [-0.2, -0.15) is 5.10 Å². The average molecular weight is 195 g/mol. The van der Waals surface area contributed by atoms with Gasteiger partial charge in [-0.15, -0.1) is 0 Å². The Bertz CT molecular complexity index is 231. The molecule has 1 N–H and O–H groups in total. The molecule has 0 aliphatic carbocycles. The van der Waals surface area contributed by atoms with Crippen molar-refractivity contribution in [1.82, 2.24) is 15.1 Å². The molecule has 1 heterocycles. The molecule has 0 spiro atoms. The van der Waals surface area contributed by atoms with Crippen LogP contribution in [-0.2, 0) is 0 Å². The summed E-state index contributed by atoms with van der Waals surface area (Å²) >= 11 is 0. The van der Waals surface area contributed by atoms with Crippen molar-refractivity contribution in [2.45, 2.75) is 33.2 Å². The van der Waals surface area contributed by atoms with Gasteiger partial charge in [-0.05, 0) is 38.4 Å². The molecule has 2 atom stereocenters. The van der Waals surface area contributed by atoms with Crippen LogP contribution in [0.25, 0.3) is 0 Å². The number of hydrogen-bond donors (Lipinski definition) is 1. The Hall–Kier alpha value is -0.830. The molecule has 1 aromatic heterocycles. The lowest BCUT2D eigenvalue weighted by Gasteiger charge is -2.20. The minimum Gasteiger partial charge on any atom is -0.316 e. The highest BCUT2D eigenvalue weighted by Gasteiger charge is 2.12. The molecule has 1 rings (SSSR count). The Labute approximate surface area is 86.5 Å². The smallest absolute Gasteiger partial charge is 0.0528 e. The van der Waals surface area contributed by atoms with E-state index >= 15 is 0 Å². The van der Waals surface area contributed by atoms with Gasteiger partial charge in [-0.25, -0.2) is 0 Å². The second kappa shape index (κ2) is 5.81. The van der Waals surface area contributed by atoms with Crippen LogP contribution in [0.15, 0.2) is 18.5 Å². The third-order valence-electron chi connectivity index (χ3n) is 2.66. The molecule has 0 amide bonds. The van der Waals surface area contributed by atoms with Crippen molar-refractivity contribution in [3.63, 3.8) is 0 Å². The lowest BCUT2D eigenvalue weighted by atomic mass is 10.0. The SMILES string of the molecule is CCCNCC(C)C(C)n1cccn1. The van der Waals surface area contributed by atoms with Gasteiger partial charge in [-0.3, -0.25) is 4.68 Å². The Morgan fingerprint density at radius 2 is 2.21 bits per heavy atom. The van der Waals surface area contributed by atoms with Gasteiger partial charge in [0.2, 0.25) is 0 Å². The standard InChI is InChI=1S/C11H21N3/c1-4-6-12-9-10(2)11(3)14-8-5-7-13-14/h5,7-8,10-12H,4,6,9H2,1-3H3. The van der Waals surface area contributed by atoms with E-state index < -0.39 is 0 Å². The molecule has 3 heteroatoms. The summed E-state index contributed by atoms with van der Waals surface area (Å²) in [7, 11) is 0. The molecule has 0 saturated carbocycles. The Morgan fingerprint density at radius 3 is 2.79 bits per heavy atom. The van der Waals surface area contributed by atoms with E-state index in [1.165, 1.54) is 6.42 Å². The van der Waals surface area contributed by atoms with E-state index in [0.29, 0.717) is 12.0 Å². The summed E-state index contributed by atoms with van der Waals surface area (Å²) in [5.74, 6) is 0.612. The van der Waals surface area contributed by atoms with Gasteiger partial charge in [0.05, 0.1) is 6.04 Å². The van der Waals surface area contributed by atoms with Crippen molar-refractivity contribution in [3.8, 4) is 0 Å². The second-order valence-corrected chi connectivity index (χ2v) is 3.91. The fraction of sp³-hybridized carbons (Fsp3) is 0.727. The third kappa shape index (κ3) is 3.14. The molecular formula is C11H21N3. The van der Waals surface area contributed by atoms with Crippen molar-refractivity contribution in [2.24, 2.45) is 5.92 Å². The van der Waals surface area contributed by atoms with Gasteiger partial charge in [-0.1, -0.05) is 13.8 Å². The number of hydrogen-bond acceptors (Lipinski definition) is 2. The van der Waals surface area contributed by atoms with E-state index in [1.54, 1.807) is 0 Å². The van der Waals surface area contributed by atoms with E-state index in [2.05, 4.69) is 31.2 Å². The predicted molar refractivity (Wildman–Crippen MR) is 59.3 cm³/mol. The summed E-state index contributed by atoms with van der Waals surface area (Å²) in [4.78, 5) is 0. The van der Waals surface area contributed by atoms with E-state index in [9.17, 15) is 0 Å². The summed E-state index contributed by atoms with van der Waals surface area (Å²) in [6.07, 6.45) is 5.06. The number of rotatable bonds is 6. The summed E-state index contributed by atoms with van der Waals surface area (Å²) < 4.78 is 2.03. The van der Waals surface area contributed by atoms with Crippen LogP contribution in [0, 0.1) is 5.92 Å². The molecule has 80 valence electrons. The van der Waals surface area contributed by atoms with Crippen LogP contribution in [-0.4, -0.2) is 22.9 Å². The highest BCUT2D eigenvalue weighted by molar-refractivity contribution is 4.82. The van der Waals surface area contributed by atoms with Gasteiger partial charge in [0, 0.05) is 12.4 Å². The maximum absolute atomic E-state index is 4.25. The first kappa shape index (κ1) is 11.2. The van der Waals surface area contributed by atoms with Crippen LogP contribution >= 0.6 is 0 Å². The number of aromatic nitrogens is 2. The lowest BCUT2D eigenvalue weighted by molar-refractivity contribution is 0.337. The molecular weight excluding hydrogens is 174 g/mol. The fourth-order valence-corrected chi connectivity index (χ4v) is 1.46. The highest BCUT2D eigenvalue weighted by atomic mass is 15.3. The van der Waals surface area contributed by atoms with Crippen molar-refractivity contribution in [3.05, 3.63) is 18.5 Å². The molecule has 14 heavy (non-hydrogen) atoms. The summed E-state index contributed by atoms with van der Waals surface area (Å²) in [5, 5.41) is 7.69. The number of nitrogens with one attached hydrogen (secondary N) is 1. The van der Waals surface area contributed by atoms with E-state index in [0.717, 1.165) is 13.1 Å². The minimum absolute atomic E-state index is 0.467. The third-order valence-corrected chi connectivity index (χ3v) is 2.66. The maximum Gasteiger partial charge on any atom is 0.0528 e. The van der Waals surface area contributed by atoms with E-state index in [4.69, 9.17) is 0 Å². The van der Waals surface area contributed by atoms with Gasteiger partial charge < -0.3 is 5.32 Å². The Balaban J connectivity index is 2.33. The predicted octanol–water partition coefficient (Wildman–Crippen LogP) is 2.08. The first-order chi connectivity index (χ1) is 6.75. The second-order valence-electron chi connectivity index (χ2n) is 3.91. The molecule has 0 saturated heterocycles. The summed E-state index contributed by atoms with van der Waals surface area (Å²) in [6.45, 7) is 8.83. The first-order valence-corrected chi connectivity index (χ1v) is 5.45. The van der Waals surface area contributed by atoms with Crippen LogP contribution in [0.3, 0.4) is 0 Å². The van der Waals surface area contributed by atoms with Crippen LogP contribution in [0.4, 0.5) is 0 Å². The largest absolute Gasteiger partial charge is 0.316 e. The van der Waals surface area contributed by atoms with Crippen molar-refractivity contribution in [2.75, 3.05) is 13.1 Å². The van der Waals surface area contributed by atoms with Crippen molar-refractivity contribution in [1.29, 1.82) is 0 Å². The molecule has 3 nitrogen and oxygen atoms in total. The molecule has 2 unspecified atom stereocenters. The Kier molecular flexibility index (Phi) is 4.66. The van der Waals surface area contributed by atoms with Crippen molar-refractivity contribution >= 4 is 0 Å². The molecule has 0 aromatic carbocycles. The summed E-state index contributed by atoms with van der Waals surface area (Å²) in [5.41, 5.74) is 0. The quantitative estimate of drug-likeness (QED) is 0.704. The minimum atomic E-state index is 0.467. The highest BCUT2D eigenvalue weighted by Crippen LogP contribution is 2.14. The Morgan fingerprint density at radius 1 is 1.43 bits per heavy atom. The topological polar surface area (TPSA) is 29.9 Å². The first-order valence-electron chi connectivity index (χ1n) is 5.45. The van der Waals surface area contributed by atoms with Gasteiger partial charge in [0.15, 0.2) is 0 Å². The number of nitrogens with zero attached hydrogens (tertiary/aromatic N) is 2. The van der Waals surface area contributed by atoms with E-state index in [1.807, 2.05) is 23.1 Å². The van der Waals surface area contributed by atoms with E-state index in [-0.39, 0.29) is 0 Å². The zero-order valence-electron chi connectivity index (χ0n) is 9.40. The lowest BCUT2D eigenvalue weighted by Crippen LogP contribution is -2.27. The van der Waals surface area contributed by atoms with Crippen LogP contribution in [0.5, 0.6) is 0 Å². The van der Waals surface area contributed by atoms with Gasteiger partial charge in [0.1, 0.15) is 0 Å². The average Bonchev–Trinajstić information content (AvgIpc) is 2.69. The zero-order chi connectivity index (χ0) is 10.4. The van der Waals surface area contributed by atoms with Gasteiger partial charge in [0.25, 0.3) is 0 Å². The molecule has 0 aliphatic heterocycles. The molecule has 0 bridgehead atoms. The van der Waals surface area contributed by atoms with Gasteiger partial charge >= 0.3 is 0 Å². The molecule has 1 aromatic rings. The monoisotopic (exact) mass is 195 g/mol. The zero-order valence-corrected chi connectivity index (χ0v) is 9.40. The molecule has 0 radical (unpaired) electrons. The summed E-state index contributed by atoms with van der Waals surface area (Å²) in [6, 6.07) is 2.44. The van der Waals surface area contributed by atoms with Crippen LogP contribution in [0.1, 0.15) is 33.2 Å². The fourth-order valence-electron chi connectivity index (χ4n) is 1.46. The van der Waals surface area contributed by atoms with Crippen LogP contribution in [0.2, 0.25) is 0 Å². The van der Waals surface area contributed by atoms with Crippen molar-refractivity contribution < 1.29 is 0 Å².